The summed E-state index contributed by atoms with van der Waals surface area (Å²) in [6.07, 6.45) is 12.2. The van der Waals surface area contributed by atoms with Crippen LogP contribution in [0.5, 0.6) is 0 Å². The van der Waals surface area contributed by atoms with Gasteiger partial charge in [0.15, 0.2) is 17.9 Å². The number of methoxy groups -OCH3 is 1. The Hall–Kier alpha value is -1.27. The third kappa shape index (κ3) is 4.75. The van der Waals surface area contributed by atoms with Crippen LogP contribution in [0.15, 0.2) is 34.9 Å². The fraction of sp³-hybridized carbons (Fsp3) is 0.731. The highest BCUT2D eigenvalue weighted by Gasteiger charge is 2.52. The van der Waals surface area contributed by atoms with Gasteiger partial charge in [-0.05, 0) is 66.7 Å². The summed E-state index contributed by atoms with van der Waals surface area (Å²) in [6.45, 7) is 8.69. The highest BCUT2D eigenvalue weighted by molar-refractivity contribution is 5.96. The van der Waals surface area contributed by atoms with Crippen molar-refractivity contribution in [2.45, 2.75) is 90.8 Å². The second-order valence-corrected chi connectivity index (χ2v) is 11.2. The Labute approximate surface area is 186 Å². The van der Waals surface area contributed by atoms with E-state index in [-0.39, 0.29) is 41.5 Å². The van der Waals surface area contributed by atoms with Gasteiger partial charge in [0.1, 0.15) is 0 Å². The number of aliphatic hydroxyl groups is 1. The molecule has 0 amide bonds. The molecule has 5 heteroatoms. The number of hydrogen-bond acceptors (Lipinski definition) is 5. The van der Waals surface area contributed by atoms with Crippen molar-refractivity contribution in [1.82, 2.24) is 0 Å². The summed E-state index contributed by atoms with van der Waals surface area (Å²) in [5.74, 6) is -0.947. The first-order chi connectivity index (χ1) is 14.6. The van der Waals surface area contributed by atoms with E-state index >= 15 is 0 Å². The molecule has 0 saturated carbocycles. The minimum absolute atomic E-state index is 0.0503. The lowest BCUT2D eigenvalue weighted by Gasteiger charge is -2.52. The first-order valence-corrected chi connectivity index (χ1v) is 11.7. The normalized spacial score (nSPS) is 40.1. The molecule has 0 aromatic carbocycles. The van der Waals surface area contributed by atoms with Gasteiger partial charge in [0.25, 0.3) is 0 Å². The summed E-state index contributed by atoms with van der Waals surface area (Å²) in [5.41, 5.74) is 3.29. The van der Waals surface area contributed by atoms with Gasteiger partial charge < -0.3 is 19.3 Å². The molecule has 172 valence electrons. The Kier molecular flexibility index (Phi) is 6.10. The van der Waals surface area contributed by atoms with Gasteiger partial charge in [-0.25, -0.2) is 0 Å². The summed E-state index contributed by atoms with van der Waals surface area (Å²) in [7, 11) is 1.68. The number of ether oxygens (including phenoxy) is 3. The molecule has 1 spiro atoms. The van der Waals surface area contributed by atoms with E-state index in [1.807, 2.05) is 19.1 Å². The topological polar surface area (TPSA) is 65.0 Å². The van der Waals surface area contributed by atoms with Crippen LogP contribution in [-0.4, -0.2) is 42.8 Å². The number of hydrogen-bond donors (Lipinski definition) is 1. The maximum Gasteiger partial charge on any atom is 0.192 e. The van der Waals surface area contributed by atoms with Crippen LogP contribution < -0.4 is 0 Å². The quantitative estimate of drug-likeness (QED) is 0.646. The minimum atomic E-state index is -0.950. The van der Waals surface area contributed by atoms with Gasteiger partial charge in [0.2, 0.25) is 0 Å². The lowest BCUT2D eigenvalue weighted by molar-refractivity contribution is -0.338. The van der Waals surface area contributed by atoms with E-state index in [2.05, 4.69) is 26.8 Å². The Morgan fingerprint density at radius 1 is 1.23 bits per heavy atom. The van der Waals surface area contributed by atoms with Crippen molar-refractivity contribution in [3.63, 3.8) is 0 Å². The molecule has 5 atom stereocenters. The van der Waals surface area contributed by atoms with Crippen molar-refractivity contribution in [3.8, 4) is 0 Å². The Morgan fingerprint density at radius 3 is 2.68 bits per heavy atom. The fourth-order valence-corrected chi connectivity index (χ4v) is 6.16. The standard InChI is InChI=1S/C26H38O5/c1-17-9-22-20(10-21(17)28)19(15-27)13-26(30-22)16-25(4,14-23(29-5)31-26)12-18-7-6-8-24(2,3)11-18/h9,11,13,20,22-23,27H,6-8,10,12,14-16H2,1-5H3/t20-,22-,23-,25+,26+/m1/s1. The molecule has 0 radical (unpaired) electrons. The molecule has 1 fully saturated rings. The van der Waals surface area contributed by atoms with Gasteiger partial charge in [0.05, 0.1) is 12.7 Å². The van der Waals surface area contributed by atoms with E-state index in [4.69, 9.17) is 14.2 Å². The molecule has 2 aliphatic carbocycles. The van der Waals surface area contributed by atoms with Crippen LogP contribution in [-0.2, 0) is 19.0 Å². The Morgan fingerprint density at radius 2 is 2.00 bits per heavy atom. The number of aliphatic hydroxyl groups excluding tert-OH is 1. The molecular weight excluding hydrogens is 392 g/mol. The van der Waals surface area contributed by atoms with Gasteiger partial charge in [0, 0.05) is 32.3 Å². The van der Waals surface area contributed by atoms with Gasteiger partial charge in [-0.2, -0.15) is 0 Å². The molecule has 4 rings (SSSR count). The number of carbonyl (C=O) groups is 1. The van der Waals surface area contributed by atoms with E-state index in [9.17, 15) is 9.90 Å². The number of Topliss-reactive ketones (excluding diaryl/α,β-unsaturated/α-hetero) is 1. The Bertz CT molecular complexity index is 822. The van der Waals surface area contributed by atoms with Gasteiger partial charge >= 0.3 is 0 Å². The molecule has 0 aromatic rings. The molecule has 0 unspecified atom stereocenters. The van der Waals surface area contributed by atoms with Crippen molar-refractivity contribution < 1.29 is 24.1 Å². The molecule has 1 saturated heterocycles. The molecule has 0 bridgehead atoms. The number of ketones is 1. The van der Waals surface area contributed by atoms with Gasteiger partial charge in [-0.1, -0.05) is 32.4 Å². The summed E-state index contributed by atoms with van der Waals surface area (Å²) >= 11 is 0. The van der Waals surface area contributed by atoms with E-state index in [0.29, 0.717) is 12.8 Å². The summed E-state index contributed by atoms with van der Waals surface area (Å²) in [5, 5.41) is 10.1. The van der Waals surface area contributed by atoms with Crippen LogP contribution in [0, 0.1) is 16.7 Å². The smallest absolute Gasteiger partial charge is 0.192 e. The van der Waals surface area contributed by atoms with E-state index in [1.165, 1.54) is 18.4 Å². The second-order valence-electron chi connectivity index (χ2n) is 11.2. The van der Waals surface area contributed by atoms with Gasteiger partial charge in [-0.15, -0.1) is 0 Å². The number of allylic oxidation sites excluding steroid dienone is 3. The molecule has 5 nitrogen and oxygen atoms in total. The average Bonchev–Trinajstić information content (AvgIpc) is 2.67. The highest BCUT2D eigenvalue weighted by atomic mass is 16.8. The maximum atomic E-state index is 12.3. The van der Waals surface area contributed by atoms with E-state index in [0.717, 1.165) is 30.4 Å². The molecule has 0 aromatic heterocycles. The summed E-state index contributed by atoms with van der Waals surface area (Å²) in [6, 6.07) is 0. The van der Waals surface area contributed by atoms with Crippen molar-refractivity contribution in [2.75, 3.05) is 13.7 Å². The number of fused-ring (bicyclic) bond motifs is 1. The first-order valence-electron chi connectivity index (χ1n) is 11.7. The maximum absolute atomic E-state index is 12.3. The first kappa shape index (κ1) is 22.9. The van der Waals surface area contributed by atoms with Gasteiger partial charge in [-0.3, -0.25) is 4.79 Å². The van der Waals surface area contributed by atoms with Crippen LogP contribution >= 0.6 is 0 Å². The zero-order valence-electron chi connectivity index (χ0n) is 19.7. The van der Waals surface area contributed by atoms with Crippen molar-refractivity contribution in [2.24, 2.45) is 16.7 Å². The van der Waals surface area contributed by atoms with Crippen LogP contribution in [0.4, 0.5) is 0 Å². The third-order valence-corrected chi connectivity index (χ3v) is 7.55. The Balaban J connectivity index is 1.65. The predicted molar refractivity (Wildman–Crippen MR) is 119 cm³/mol. The zero-order chi connectivity index (χ0) is 22.4. The van der Waals surface area contributed by atoms with Crippen molar-refractivity contribution >= 4 is 5.78 Å². The third-order valence-electron chi connectivity index (χ3n) is 7.55. The van der Waals surface area contributed by atoms with Crippen LogP contribution in [0.2, 0.25) is 0 Å². The summed E-state index contributed by atoms with van der Waals surface area (Å²) < 4.78 is 18.7. The fourth-order valence-electron chi connectivity index (χ4n) is 6.16. The summed E-state index contributed by atoms with van der Waals surface area (Å²) in [4.78, 5) is 12.3. The van der Waals surface area contributed by atoms with Crippen molar-refractivity contribution in [3.05, 3.63) is 34.9 Å². The lowest BCUT2D eigenvalue weighted by Crippen LogP contribution is -2.55. The predicted octanol–water partition coefficient (Wildman–Crippen LogP) is 4.85. The highest BCUT2D eigenvalue weighted by Crippen LogP contribution is 2.52. The molecule has 2 heterocycles. The minimum Gasteiger partial charge on any atom is -0.392 e. The molecule has 4 aliphatic rings. The molecular formula is C26H38O5. The SMILES string of the molecule is CO[C@H]1C[C@](C)(CC2=CC(C)(C)CCC2)C[C@]2(C=C(CO)[C@H]3CC(=O)C(C)=C[C@H]3O2)O1. The van der Waals surface area contributed by atoms with Crippen molar-refractivity contribution in [1.29, 1.82) is 0 Å². The largest absolute Gasteiger partial charge is 0.392 e. The van der Waals surface area contributed by atoms with Crippen LogP contribution in [0.25, 0.3) is 0 Å². The monoisotopic (exact) mass is 430 g/mol. The average molecular weight is 431 g/mol. The molecule has 1 N–H and O–H groups in total. The number of rotatable bonds is 4. The number of carbonyl (C=O) groups excluding carboxylic acids is 1. The van der Waals surface area contributed by atoms with Crippen LogP contribution in [0.3, 0.4) is 0 Å². The second kappa shape index (κ2) is 8.26. The van der Waals surface area contributed by atoms with E-state index in [1.54, 1.807) is 7.11 Å². The zero-order valence-corrected chi connectivity index (χ0v) is 19.7. The lowest BCUT2D eigenvalue weighted by atomic mass is 9.68. The molecule has 31 heavy (non-hydrogen) atoms. The van der Waals surface area contributed by atoms with E-state index < -0.39 is 5.79 Å². The van der Waals surface area contributed by atoms with Crippen LogP contribution in [0.1, 0.15) is 72.6 Å². The molecule has 2 aliphatic heterocycles.